The summed E-state index contributed by atoms with van der Waals surface area (Å²) < 4.78 is 5.81. The van der Waals surface area contributed by atoms with E-state index in [1.165, 1.54) is 0 Å². The van der Waals surface area contributed by atoms with Gasteiger partial charge in [0.15, 0.2) is 5.43 Å². The lowest BCUT2D eigenvalue weighted by molar-refractivity contribution is 0.586. The smallest absolute Gasteiger partial charge is 0.193 e. The third kappa shape index (κ3) is 2.41. The van der Waals surface area contributed by atoms with Gasteiger partial charge in [0.2, 0.25) is 0 Å². The molecule has 3 rings (SSSR count). The van der Waals surface area contributed by atoms with Gasteiger partial charge < -0.3 is 4.42 Å². The Morgan fingerprint density at radius 1 is 1.00 bits per heavy atom. The minimum Gasteiger partial charge on any atom is -0.456 e. The zero-order valence-electron chi connectivity index (χ0n) is 11.2. The molecular weight excluding hydrogens is 248 g/mol. The van der Waals surface area contributed by atoms with Crippen molar-refractivity contribution in [3.63, 3.8) is 0 Å². The van der Waals surface area contributed by atoms with Crippen LogP contribution in [0.4, 0.5) is 0 Å². The van der Waals surface area contributed by atoms with Crippen LogP contribution in [0.25, 0.3) is 22.6 Å². The van der Waals surface area contributed by atoms with Gasteiger partial charge in [-0.25, -0.2) is 0 Å². The standard InChI is InChI=1S/C18H14O2/c1-13(11-14-7-3-2-4-8-14)18-12-16(19)15-9-5-6-10-17(15)20-18/h2-12H,1H3/b13-11+. The Balaban J connectivity index is 2.11. The average Bonchev–Trinajstić information content (AvgIpc) is 2.48. The summed E-state index contributed by atoms with van der Waals surface area (Å²) in [5.74, 6) is 0.609. The maximum atomic E-state index is 12.1. The number of para-hydroxylation sites is 1. The van der Waals surface area contributed by atoms with Crippen LogP contribution in [-0.4, -0.2) is 0 Å². The van der Waals surface area contributed by atoms with E-state index in [4.69, 9.17) is 4.42 Å². The van der Waals surface area contributed by atoms with E-state index < -0.39 is 0 Å². The normalized spacial score (nSPS) is 11.8. The lowest BCUT2D eigenvalue weighted by Crippen LogP contribution is -2.00. The first-order valence-corrected chi connectivity index (χ1v) is 6.51. The fraction of sp³-hybridized carbons (Fsp3) is 0.0556. The topological polar surface area (TPSA) is 30.2 Å². The van der Waals surface area contributed by atoms with E-state index in [2.05, 4.69) is 0 Å². The molecule has 2 heteroatoms. The fourth-order valence-electron chi connectivity index (χ4n) is 2.17. The van der Waals surface area contributed by atoms with Crippen LogP contribution in [0.3, 0.4) is 0 Å². The molecule has 98 valence electrons. The molecule has 0 radical (unpaired) electrons. The number of benzene rings is 2. The summed E-state index contributed by atoms with van der Waals surface area (Å²) in [6.07, 6.45) is 2.01. The molecule has 0 atom stereocenters. The second-order valence-electron chi connectivity index (χ2n) is 4.71. The highest BCUT2D eigenvalue weighted by molar-refractivity contribution is 5.82. The predicted molar refractivity (Wildman–Crippen MR) is 82.5 cm³/mol. The van der Waals surface area contributed by atoms with Gasteiger partial charge in [-0.2, -0.15) is 0 Å². The molecule has 0 spiro atoms. The number of hydrogen-bond acceptors (Lipinski definition) is 2. The Bertz CT molecular complexity index is 827. The number of allylic oxidation sites excluding steroid dienone is 1. The molecule has 0 fully saturated rings. The third-order valence-electron chi connectivity index (χ3n) is 3.21. The van der Waals surface area contributed by atoms with Crippen molar-refractivity contribution in [3.8, 4) is 0 Å². The van der Waals surface area contributed by atoms with Gasteiger partial charge in [0.25, 0.3) is 0 Å². The minimum atomic E-state index is -0.0114. The zero-order chi connectivity index (χ0) is 13.9. The SMILES string of the molecule is C/C(=C\c1ccccc1)c1cc(=O)c2ccccc2o1. The molecule has 0 aliphatic rings. The molecule has 0 aliphatic carbocycles. The van der Waals surface area contributed by atoms with Crippen molar-refractivity contribution in [1.29, 1.82) is 0 Å². The largest absolute Gasteiger partial charge is 0.456 e. The van der Waals surface area contributed by atoms with Crippen LogP contribution in [0.5, 0.6) is 0 Å². The van der Waals surface area contributed by atoms with E-state index in [1.54, 1.807) is 12.1 Å². The van der Waals surface area contributed by atoms with Gasteiger partial charge in [-0.1, -0.05) is 42.5 Å². The minimum absolute atomic E-state index is 0.0114. The first kappa shape index (κ1) is 12.4. The first-order valence-electron chi connectivity index (χ1n) is 6.51. The van der Waals surface area contributed by atoms with E-state index in [0.717, 1.165) is 11.1 Å². The van der Waals surface area contributed by atoms with Crippen molar-refractivity contribution >= 4 is 22.6 Å². The summed E-state index contributed by atoms with van der Waals surface area (Å²) >= 11 is 0. The maximum Gasteiger partial charge on any atom is 0.193 e. The maximum absolute atomic E-state index is 12.1. The highest BCUT2D eigenvalue weighted by Crippen LogP contribution is 2.20. The fourth-order valence-corrected chi connectivity index (χ4v) is 2.17. The Morgan fingerprint density at radius 2 is 1.70 bits per heavy atom. The molecular formula is C18H14O2. The van der Waals surface area contributed by atoms with Gasteiger partial charge in [-0.15, -0.1) is 0 Å². The van der Waals surface area contributed by atoms with E-state index in [-0.39, 0.29) is 5.43 Å². The van der Waals surface area contributed by atoms with Gasteiger partial charge in [0, 0.05) is 6.07 Å². The van der Waals surface area contributed by atoms with Crippen LogP contribution in [-0.2, 0) is 0 Å². The van der Waals surface area contributed by atoms with Crippen molar-refractivity contribution in [2.24, 2.45) is 0 Å². The zero-order valence-corrected chi connectivity index (χ0v) is 11.2. The molecule has 0 saturated heterocycles. The summed E-state index contributed by atoms with van der Waals surface area (Å²) in [6.45, 7) is 1.94. The van der Waals surface area contributed by atoms with E-state index in [9.17, 15) is 4.79 Å². The molecule has 0 unspecified atom stereocenters. The van der Waals surface area contributed by atoms with E-state index in [0.29, 0.717) is 16.7 Å². The molecule has 0 amide bonds. The van der Waals surface area contributed by atoms with Crippen LogP contribution < -0.4 is 5.43 Å². The number of fused-ring (bicyclic) bond motifs is 1. The van der Waals surface area contributed by atoms with Crippen LogP contribution >= 0.6 is 0 Å². The summed E-state index contributed by atoms with van der Waals surface area (Å²) in [4.78, 5) is 12.1. The quantitative estimate of drug-likeness (QED) is 0.687. The van der Waals surface area contributed by atoms with Crippen LogP contribution in [0.2, 0.25) is 0 Å². The van der Waals surface area contributed by atoms with Crippen molar-refractivity contribution in [2.45, 2.75) is 6.92 Å². The highest BCUT2D eigenvalue weighted by atomic mass is 16.3. The summed E-state index contributed by atoms with van der Waals surface area (Å²) in [6, 6.07) is 18.8. The average molecular weight is 262 g/mol. The van der Waals surface area contributed by atoms with Gasteiger partial charge >= 0.3 is 0 Å². The molecule has 0 bridgehead atoms. The van der Waals surface area contributed by atoms with Crippen molar-refractivity contribution in [2.75, 3.05) is 0 Å². The summed E-state index contributed by atoms with van der Waals surface area (Å²) in [5, 5.41) is 0.615. The first-order chi connectivity index (χ1) is 9.74. The van der Waals surface area contributed by atoms with Crippen LogP contribution in [0.1, 0.15) is 18.2 Å². The van der Waals surface area contributed by atoms with E-state index >= 15 is 0 Å². The molecule has 3 aromatic rings. The third-order valence-corrected chi connectivity index (χ3v) is 3.21. The monoisotopic (exact) mass is 262 g/mol. The van der Waals surface area contributed by atoms with E-state index in [1.807, 2.05) is 61.5 Å². The van der Waals surface area contributed by atoms with Crippen molar-refractivity contribution < 1.29 is 4.42 Å². The molecule has 2 aromatic carbocycles. The second-order valence-corrected chi connectivity index (χ2v) is 4.71. The van der Waals surface area contributed by atoms with Gasteiger partial charge in [-0.05, 0) is 36.3 Å². The van der Waals surface area contributed by atoms with Crippen LogP contribution in [0.15, 0.2) is 69.9 Å². The number of rotatable bonds is 2. The van der Waals surface area contributed by atoms with Crippen molar-refractivity contribution in [1.82, 2.24) is 0 Å². The van der Waals surface area contributed by atoms with Crippen molar-refractivity contribution in [3.05, 3.63) is 82.2 Å². The Hall–Kier alpha value is -2.61. The lowest BCUT2D eigenvalue weighted by Gasteiger charge is -2.03. The molecule has 20 heavy (non-hydrogen) atoms. The Kier molecular flexibility index (Phi) is 3.21. The Labute approximate surface area is 117 Å². The molecule has 0 N–H and O–H groups in total. The van der Waals surface area contributed by atoms with Gasteiger partial charge in [-0.3, -0.25) is 4.79 Å². The Morgan fingerprint density at radius 3 is 2.50 bits per heavy atom. The molecule has 2 nitrogen and oxygen atoms in total. The number of hydrogen-bond donors (Lipinski definition) is 0. The molecule has 0 aliphatic heterocycles. The summed E-state index contributed by atoms with van der Waals surface area (Å²) in [5.41, 5.74) is 2.62. The van der Waals surface area contributed by atoms with Gasteiger partial charge in [0.05, 0.1) is 5.39 Å². The second kappa shape index (κ2) is 5.17. The summed E-state index contributed by atoms with van der Waals surface area (Å²) in [7, 11) is 0. The van der Waals surface area contributed by atoms with Crippen LogP contribution in [0, 0.1) is 0 Å². The molecule has 1 heterocycles. The lowest BCUT2D eigenvalue weighted by atomic mass is 10.1. The highest BCUT2D eigenvalue weighted by Gasteiger charge is 2.05. The predicted octanol–water partition coefficient (Wildman–Crippen LogP) is 4.35. The molecule has 0 saturated carbocycles. The van der Waals surface area contributed by atoms with Gasteiger partial charge in [0.1, 0.15) is 11.3 Å². The molecule has 1 aromatic heterocycles.